The smallest absolute Gasteiger partial charge is 0.0211 e. The van der Waals surface area contributed by atoms with E-state index >= 15 is 0 Å². The van der Waals surface area contributed by atoms with E-state index in [-0.39, 0.29) is 0 Å². The topological polar surface area (TPSA) is 12.0 Å². The Morgan fingerprint density at radius 1 is 1.05 bits per heavy atom. The summed E-state index contributed by atoms with van der Waals surface area (Å²) in [6, 6.07) is 0.768. The lowest BCUT2D eigenvalue weighted by molar-refractivity contribution is -0.0682. The number of nitrogens with one attached hydrogen (secondary N) is 1. The van der Waals surface area contributed by atoms with Crippen molar-refractivity contribution < 1.29 is 0 Å². The molecule has 0 amide bonds. The highest BCUT2D eigenvalue weighted by atomic mass is 32.2. The van der Waals surface area contributed by atoms with E-state index in [1.165, 1.54) is 37.2 Å². The first kappa shape index (κ1) is 15.2. The van der Waals surface area contributed by atoms with Crippen molar-refractivity contribution in [2.24, 2.45) is 29.1 Å². The lowest BCUT2D eigenvalue weighted by atomic mass is 9.48. The lowest BCUT2D eigenvalue weighted by Crippen LogP contribution is -2.56. The molecule has 0 aliphatic heterocycles. The van der Waals surface area contributed by atoms with Crippen LogP contribution in [-0.4, -0.2) is 24.6 Å². The summed E-state index contributed by atoms with van der Waals surface area (Å²) in [6.07, 6.45) is 10.6. The molecule has 2 atom stereocenters. The Morgan fingerprint density at radius 3 is 2.05 bits per heavy atom. The fourth-order valence-electron chi connectivity index (χ4n) is 5.68. The van der Waals surface area contributed by atoms with Crippen molar-refractivity contribution in [1.29, 1.82) is 0 Å². The molecule has 4 rings (SSSR count). The molecule has 0 aromatic carbocycles. The van der Waals surface area contributed by atoms with Crippen LogP contribution in [0.3, 0.4) is 0 Å². The highest BCUT2D eigenvalue weighted by Gasteiger charge is 2.53. The van der Waals surface area contributed by atoms with Crippen LogP contribution in [0.15, 0.2) is 0 Å². The SMILES string of the molecule is CCC(C)CSCC(NC)C12CC3CC(CC(C3)C1)C2. The second-order valence-electron chi connectivity index (χ2n) is 8.17. The minimum absolute atomic E-state index is 0.673. The van der Waals surface area contributed by atoms with Crippen molar-refractivity contribution in [2.75, 3.05) is 18.6 Å². The fraction of sp³-hybridized carbons (Fsp3) is 1.00. The second-order valence-corrected chi connectivity index (χ2v) is 9.25. The summed E-state index contributed by atoms with van der Waals surface area (Å²) in [7, 11) is 2.22. The van der Waals surface area contributed by atoms with Crippen molar-refractivity contribution in [2.45, 2.75) is 64.8 Å². The third kappa shape index (κ3) is 2.92. The molecule has 4 aliphatic carbocycles. The summed E-state index contributed by atoms with van der Waals surface area (Å²) in [6.45, 7) is 4.71. The summed E-state index contributed by atoms with van der Waals surface area (Å²) in [5.41, 5.74) is 0.673. The molecule has 0 heterocycles. The third-order valence-corrected chi connectivity index (χ3v) is 7.93. The quantitative estimate of drug-likeness (QED) is 0.738. The van der Waals surface area contributed by atoms with Gasteiger partial charge in [0.05, 0.1) is 0 Å². The van der Waals surface area contributed by atoms with Gasteiger partial charge in [-0.15, -0.1) is 0 Å². The summed E-state index contributed by atoms with van der Waals surface area (Å²) in [5, 5.41) is 3.73. The van der Waals surface area contributed by atoms with Crippen LogP contribution in [0.25, 0.3) is 0 Å². The van der Waals surface area contributed by atoms with E-state index in [0.29, 0.717) is 5.41 Å². The Bertz CT molecular complexity index is 292. The number of rotatable bonds is 7. The van der Waals surface area contributed by atoms with Gasteiger partial charge in [0.2, 0.25) is 0 Å². The average molecular weight is 296 g/mol. The van der Waals surface area contributed by atoms with E-state index in [1.807, 2.05) is 0 Å². The number of thioether (sulfide) groups is 1. The summed E-state index contributed by atoms with van der Waals surface area (Å²) < 4.78 is 0. The van der Waals surface area contributed by atoms with E-state index in [4.69, 9.17) is 0 Å². The normalized spacial score (nSPS) is 41.9. The van der Waals surface area contributed by atoms with Gasteiger partial charge >= 0.3 is 0 Å². The molecule has 1 N–H and O–H groups in total. The Kier molecular flexibility index (Phi) is 4.72. The van der Waals surface area contributed by atoms with Crippen LogP contribution in [0.1, 0.15) is 58.8 Å². The van der Waals surface area contributed by atoms with Gasteiger partial charge in [0.1, 0.15) is 0 Å². The van der Waals surface area contributed by atoms with Crippen molar-refractivity contribution in [3.05, 3.63) is 0 Å². The highest BCUT2D eigenvalue weighted by Crippen LogP contribution is 2.61. The molecule has 0 saturated heterocycles. The minimum Gasteiger partial charge on any atom is -0.316 e. The van der Waals surface area contributed by atoms with E-state index in [2.05, 4.69) is 38.0 Å². The standard InChI is InChI=1S/C18H33NS/c1-4-13(2)11-20-12-17(19-3)18-8-14-5-15(9-18)7-16(6-14)10-18/h13-17,19H,4-12H2,1-3H3. The van der Waals surface area contributed by atoms with Gasteiger partial charge in [0.15, 0.2) is 0 Å². The first-order valence-corrected chi connectivity index (χ1v) is 10.1. The van der Waals surface area contributed by atoms with Crippen LogP contribution >= 0.6 is 11.8 Å². The zero-order chi connectivity index (χ0) is 14.2. The Morgan fingerprint density at radius 2 is 1.60 bits per heavy atom. The summed E-state index contributed by atoms with van der Waals surface area (Å²) in [5.74, 6) is 6.81. The van der Waals surface area contributed by atoms with E-state index in [0.717, 1.165) is 29.7 Å². The van der Waals surface area contributed by atoms with Crippen molar-refractivity contribution in [3.8, 4) is 0 Å². The maximum atomic E-state index is 3.73. The molecule has 2 unspecified atom stereocenters. The molecule has 0 aromatic heterocycles. The average Bonchev–Trinajstić information content (AvgIpc) is 2.41. The maximum Gasteiger partial charge on any atom is 0.0211 e. The molecular formula is C18H33NS. The molecule has 0 aromatic rings. The molecule has 1 nitrogen and oxygen atoms in total. The predicted molar refractivity (Wildman–Crippen MR) is 90.2 cm³/mol. The first-order chi connectivity index (χ1) is 9.65. The Hall–Kier alpha value is 0.310. The highest BCUT2D eigenvalue weighted by molar-refractivity contribution is 7.99. The van der Waals surface area contributed by atoms with Gasteiger partial charge in [0, 0.05) is 11.8 Å². The van der Waals surface area contributed by atoms with Gasteiger partial charge in [0.25, 0.3) is 0 Å². The van der Waals surface area contributed by atoms with Crippen LogP contribution in [0.2, 0.25) is 0 Å². The van der Waals surface area contributed by atoms with Crippen LogP contribution in [-0.2, 0) is 0 Å². The Labute approximate surface area is 130 Å². The molecule has 4 saturated carbocycles. The van der Waals surface area contributed by atoms with Crippen LogP contribution in [0.4, 0.5) is 0 Å². The van der Waals surface area contributed by atoms with Crippen LogP contribution in [0, 0.1) is 29.1 Å². The van der Waals surface area contributed by atoms with E-state index in [9.17, 15) is 0 Å². The molecular weight excluding hydrogens is 262 g/mol. The van der Waals surface area contributed by atoms with Gasteiger partial charge in [-0.2, -0.15) is 11.8 Å². The van der Waals surface area contributed by atoms with E-state index < -0.39 is 0 Å². The molecule has 0 radical (unpaired) electrons. The van der Waals surface area contributed by atoms with Gasteiger partial charge in [-0.1, -0.05) is 20.3 Å². The summed E-state index contributed by atoms with van der Waals surface area (Å²) >= 11 is 2.21. The van der Waals surface area contributed by atoms with Crippen molar-refractivity contribution in [3.63, 3.8) is 0 Å². The molecule has 4 aliphatic rings. The van der Waals surface area contributed by atoms with Crippen LogP contribution in [0.5, 0.6) is 0 Å². The van der Waals surface area contributed by atoms with Gasteiger partial charge in [-0.05, 0) is 80.4 Å². The zero-order valence-electron chi connectivity index (χ0n) is 13.7. The van der Waals surface area contributed by atoms with Crippen molar-refractivity contribution >= 4 is 11.8 Å². The van der Waals surface area contributed by atoms with Crippen LogP contribution < -0.4 is 5.32 Å². The van der Waals surface area contributed by atoms with Crippen molar-refractivity contribution in [1.82, 2.24) is 5.32 Å². The predicted octanol–water partition coefficient (Wildman–Crippen LogP) is 4.57. The van der Waals surface area contributed by atoms with Gasteiger partial charge in [-0.3, -0.25) is 0 Å². The molecule has 0 spiro atoms. The zero-order valence-corrected chi connectivity index (χ0v) is 14.5. The van der Waals surface area contributed by atoms with E-state index in [1.54, 1.807) is 19.3 Å². The molecule has 116 valence electrons. The molecule has 2 heteroatoms. The first-order valence-electron chi connectivity index (χ1n) is 8.90. The third-order valence-electron chi connectivity index (χ3n) is 6.56. The molecule has 4 bridgehead atoms. The minimum atomic E-state index is 0.673. The monoisotopic (exact) mass is 295 g/mol. The largest absolute Gasteiger partial charge is 0.316 e. The Balaban J connectivity index is 1.60. The maximum absolute atomic E-state index is 3.73. The second kappa shape index (κ2) is 6.20. The van der Waals surface area contributed by atoms with Gasteiger partial charge < -0.3 is 5.32 Å². The summed E-state index contributed by atoms with van der Waals surface area (Å²) in [4.78, 5) is 0. The molecule has 4 fully saturated rings. The number of hydrogen-bond acceptors (Lipinski definition) is 2. The molecule has 20 heavy (non-hydrogen) atoms. The van der Waals surface area contributed by atoms with Gasteiger partial charge in [-0.25, -0.2) is 0 Å². The lowest BCUT2D eigenvalue weighted by Gasteiger charge is -2.59. The number of hydrogen-bond donors (Lipinski definition) is 1. The fourth-order valence-corrected chi connectivity index (χ4v) is 7.21.